The minimum Gasteiger partial charge on any atom is -0.478 e. The van der Waals surface area contributed by atoms with Crippen molar-refractivity contribution in [3.05, 3.63) is 29.6 Å². The Bertz CT molecular complexity index is 546. The number of hydrogen-bond donors (Lipinski definition) is 3. The number of carboxylic acid groups (broad SMARTS) is 1. The third-order valence-corrected chi connectivity index (χ3v) is 2.36. The number of aromatic carboxylic acids is 1. The van der Waals surface area contributed by atoms with Crippen molar-refractivity contribution < 1.29 is 23.9 Å². The molecule has 1 aromatic rings. The molecule has 8 heteroatoms. The fraction of sp³-hybridized carbons (Fsp3) is 0.250. The van der Waals surface area contributed by atoms with E-state index in [1.807, 2.05) is 0 Å². The molecule has 108 valence electrons. The van der Waals surface area contributed by atoms with Crippen LogP contribution >= 0.6 is 0 Å². The van der Waals surface area contributed by atoms with Gasteiger partial charge >= 0.3 is 12.0 Å². The maximum absolute atomic E-state index is 13.5. The molecule has 0 heterocycles. The number of amides is 3. The lowest BCUT2D eigenvalue weighted by Gasteiger charge is -2.12. The standard InChI is InChI=1S/C12H14FN3O4/c1-16(2)10(17)6-14-12(20)15-9-4-3-7(11(18)19)5-8(9)13/h3-5H,6H2,1-2H3,(H,18,19)(H2,14,15,20). The van der Waals surface area contributed by atoms with E-state index in [2.05, 4.69) is 10.6 Å². The molecule has 0 radical (unpaired) electrons. The number of hydrogen-bond acceptors (Lipinski definition) is 3. The van der Waals surface area contributed by atoms with Crippen molar-refractivity contribution in [1.82, 2.24) is 10.2 Å². The van der Waals surface area contributed by atoms with E-state index in [9.17, 15) is 18.8 Å². The summed E-state index contributed by atoms with van der Waals surface area (Å²) in [6.45, 7) is -0.229. The molecule has 3 amide bonds. The smallest absolute Gasteiger partial charge is 0.335 e. The molecule has 0 aliphatic rings. The molecule has 0 unspecified atom stereocenters. The van der Waals surface area contributed by atoms with Crippen molar-refractivity contribution in [3.8, 4) is 0 Å². The Morgan fingerprint density at radius 1 is 1.30 bits per heavy atom. The van der Waals surface area contributed by atoms with Gasteiger partial charge in [-0.1, -0.05) is 0 Å². The van der Waals surface area contributed by atoms with E-state index in [-0.39, 0.29) is 23.7 Å². The van der Waals surface area contributed by atoms with Crippen molar-refractivity contribution in [2.24, 2.45) is 0 Å². The number of nitrogens with zero attached hydrogens (tertiary/aromatic N) is 1. The van der Waals surface area contributed by atoms with Gasteiger partial charge in [-0.05, 0) is 18.2 Å². The van der Waals surface area contributed by atoms with Gasteiger partial charge in [-0.15, -0.1) is 0 Å². The van der Waals surface area contributed by atoms with Gasteiger partial charge in [0.2, 0.25) is 5.91 Å². The van der Waals surface area contributed by atoms with Gasteiger partial charge in [0.05, 0.1) is 17.8 Å². The number of rotatable bonds is 4. The van der Waals surface area contributed by atoms with Crippen molar-refractivity contribution >= 4 is 23.6 Å². The zero-order valence-corrected chi connectivity index (χ0v) is 10.9. The van der Waals surface area contributed by atoms with Crippen LogP contribution in [0, 0.1) is 5.82 Å². The van der Waals surface area contributed by atoms with E-state index < -0.39 is 17.8 Å². The van der Waals surface area contributed by atoms with Crippen LogP contribution in [0.15, 0.2) is 18.2 Å². The van der Waals surface area contributed by atoms with Crippen molar-refractivity contribution in [3.63, 3.8) is 0 Å². The molecule has 1 rings (SSSR count). The summed E-state index contributed by atoms with van der Waals surface area (Å²) in [5, 5.41) is 13.1. The first kappa shape index (κ1) is 15.4. The number of halogens is 1. The number of nitrogens with one attached hydrogen (secondary N) is 2. The van der Waals surface area contributed by atoms with Crippen molar-refractivity contribution in [2.45, 2.75) is 0 Å². The van der Waals surface area contributed by atoms with Crippen LogP contribution in [-0.2, 0) is 4.79 Å². The Kier molecular flexibility index (Phi) is 5.01. The Labute approximate surface area is 114 Å². The van der Waals surface area contributed by atoms with Crippen LogP contribution in [0.4, 0.5) is 14.9 Å². The molecule has 0 atom stereocenters. The topological polar surface area (TPSA) is 98.7 Å². The molecule has 0 aliphatic heterocycles. The summed E-state index contributed by atoms with van der Waals surface area (Å²) in [5.74, 6) is -2.46. The highest BCUT2D eigenvalue weighted by molar-refractivity contribution is 5.93. The third-order valence-electron chi connectivity index (χ3n) is 2.36. The lowest BCUT2D eigenvalue weighted by molar-refractivity contribution is -0.127. The monoisotopic (exact) mass is 283 g/mol. The molecule has 1 aromatic carbocycles. The highest BCUT2D eigenvalue weighted by Crippen LogP contribution is 2.15. The number of likely N-dealkylation sites (N-methyl/N-ethyl adjacent to an activating group) is 1. The minimum atomic E-state index is -1.27. The largest absolute Gasteiger partial charge is 0.478 e. The van der Waals surface area contributed by atoms with E-state index in [0.717, 1.165) is 18.2 Å². The molecule has 7 nitrogen and oxygen atoms in total. The van der Waals surface area contributed by atoms with Crippen molar-refractivity contribution in [2.75, 3.05) is 26.0 Å². The molecule has 0 aliphatic carbocycles. The Balaban J connectivity index is 2.62. The maximum atomic E-state index is 13.5. The molecule has 3 N–H and O–H groups in total. The van der Waals surface area contributed by atoms with Gasteiger partial charge in [0.25, 0.3) is 0 Å². The predicted molar refractivity (Wildman–Crippen MR) is 69.1 cm³/mol. The van der Waals surface area contributed by atoms with Crippen LogP contribution in [0.3, 0.4) is 0 Å². The number of carboxylic acids is 1. The lowest BCUT2D eigenvalue weighted by atomic mass is 10.2. The Hall–Kier alpha value is -2.64. The molecule has 0 saturated carbocycles. The summed E-state index contributed by atoms with van der Waals surface area (Å²) >= 11 is 0. The van der Waals surface area contributed by atoms with Gasteiger partial charge in [0.15, 0.2) is 0 Å². The van der Waals surface area contributed by atoms with Gasteiger partial charge in [0, 0.05) is 14.1 Å². The normalized spacial score (nSPS) is 9.75. The average molecular weight is 283 g/mol. The van der Waals surface area contributed by atoms with E-state index in [0.29, 0.717) is 0 Å². The minimum absolute atomic E-state index is 0.176. The molecule has 0 bridgehead atoms. The summed E-state index contributed by atoms with van der Waals surface area (Å²) in [7, 11) is 3.07. The Morgan fingerprint density at radius 2 is 1.95 bits per heavy atom. The van der Waals surface area contributed by atoms with Crippen LogP contribution in [0.5, 0.6) is 0 Å². The summed E-state index contributed by atoms with van der Waals surface area (Å²) in [4.78, 5) is 34.6. The quantitative estimate of drug-likeness (QED) is 0.758. The summed E-state index contributed by atoms with van der Waals surface area (Å²) < 4.78 is 13.5. The molecular weight excluding hydrogens is 269 g/mol. The van der Waals surface area contributed by atoms with Gasteiger partial charge in [-0.25, -0.2) is 14.0 Å². The first-order valence-electron chi connectivity index (χ1n) is 5.59. The number of carbonyl (C=O) groups excluding carboxylic acids is 2. The summed E-state index contributed by atoms with van der Waals surface area (Å²) in [5.41, 5.74) is -0.402. The second kappa shape index (κ2) is 6.50. The van der Waals surface area contributed by atoms with Gasteiger partial charge in [-0.2, -0.15) is 0 Å². The zero-order chi connectivity index (χ0) is 15.3. The fourth-order valence-corrected chi connectivity index (χ4v) is 1.23. The van der Waals surface area contributed by atoms with Crippen LogP contribution in [0.2, 0.25) is 0 Å². The van der Waals surface area contributed by atoms with E-state index >= 15 is 0 Å². The van der Waals surface area contributed by atoms with Crippen LogP contribution in [0.1, 0.15) is 10.4 Å². The Morgan fingerprint density at radius 3 is 2.45 bits per heavy atom. The SMILES string of the molecule is CN(C)C(=O)CNC(=O)Nc1ccc(C(=O)O)cc1F. The number of carbonyl (C=O) groups is 3. The third kappa shape index (κ3) is 4.23. The van der Waals surface area contributed by atoms with Crippen LogP contribution < -0.4 is 10.6 Å². The predicted octanol–water partition coefficient (Wildman–Crippen LogP) is 0.734. The molecule has 0 saturated heterocycles. The fourth-order valence-electron chi connectivity index (χ4n) is 1.23. The lowest BCUT2D eigenvalue weighted by Crippen LogP contribution is -2.38. The van der Waals surface area contributed by atoms with E-state index in [4.69, 9.17) is 5.11 Å². The highest BCUT2D eigenvalue weighted by Gasteiger charge is 2.11. The number of benzene rings is 1. The molecule has 0 fully saturated rings. The summed E-state index contributed by atoms with van der Waals surface area (Å²) in [6.07, 6.45) is 0. The molecular formula is C12H14FN3O4. The van der Waals surface area contributed by atoms with Gasteiger partial charge in [-0.3, -0.25) is 4.79 Å². The zero-order valence-electron chi connectivity index (χ0n) is 10.9. The number of urea groups is 1. The van der Waals surface area contributed by atoms with Crippen molar-refractivity contribution in [1.29, 1.82) is 0 Å². The maximum Gasteiger partial charge on any atom is 0.335 e. The second-order valence-corrected chi connectivity index (χ2v) is 4.10. The van der Waals surface area contributed by atoms with Gasteiger partial charge < -0.3 is 20.6 Å². The highest BCUT2D eigenvalue weighted by atomic mass is 19.1. The molecule has 20 heavy (non-hydrogen) atoms. The summed E-state index contributed by atoms with van der Waals surface area (Å²) in [6, 6.07) is 2.32. The average Bonchev–Trinajstić information content (AvgIpc) is 2.37. The van der Waals surface area contributed by atoms with E-state index in [1.165, 1.54) is 19.0 Å². The van der Waals surface area contributed by atoms with E-state index in [1.54, 1.807) is 0 Å². The second-order valence-electron chi connectivity index (χ2n) is 4.10. The van der Waals surface area contributed by atoms with Crippen LogP contribution in [-0.4, -0.2) is 48.6 Å². The molecule has 0 aromatic heterocycles. The first-order valence-corrected chi connectivity index (χ1v) is 5.59. The number of anilines is 1. The molecule has 0 spiro atoms. The first-order chi connectivity index (χ1) is 9.31. The van der Waals surface area contributed by atoms with Gasteiger partial charge in [0.1, 0.15) is 5.82 Å². The van der Waals surface area contributed by atoms with Crippen LogP contribution in [0.25, 0.3) is 0 Å².